The molecular weight excluding hydrogens is 266 g/mol. The van der Waals surface area contributed by atoms with Crippen LogP contribution in [0.25, 0.3) is 0 Å². The Kier molecular flexibility index (Phi) is 7.89. The van der Waals surface area contributed by atoms with Crippen molar-refractivity contribution in [2.75, 3.05) is 33.2 Å². The second-order valence-corrected chi connectivity index (χ2v) is 5.70. The SMILES string of the molecule is CC.CNN1CCN(C(=O)C2CCC(C(C)=O)CC2)CC1. The van der Waals surface area contributed by atoms with E-state index < -0.39 is 0 Å². The molecule has 5 heteroatoms. The van der Waals surface area contributed by atoms with E-state index in [4.69, 9.17) is 0 Å². The van der Waals surface area contributed by atoms with Crippen molar-refractivity contribution >= 4 is 11.7 Å². The number of ketones is 1. The van der Waals surface area contributed by atoms with E-state index in [1.165, 1.54) is 0 Å². The molecule has 122 valence electrons. The number of piperazine rings is 1. The van der Waals surface area contributed by atoms with E-state index in [2.05, 4.69) is 10.4 Å². The van der Waals surface area contributed by atoms with Crippen LogP contribution in [0.1, 0.15) is 46.5 Å². The average molecular weight is 297 g/mol. The summed E-state index contributed by atoms with van der Waals surface area (Å²) in [6.07, 6.45) is 3.55. The van der Waals surface area contributed by atoms with Crippen molar-refractivity contribution in [1.82, 2.24) is 15.3 Å². The number of Topliss-reactive ketones (excluding diaryl/α,β-unsaturated/α-hetero) is 1. The Bertz CT molecular complexity index is 330. The van der Waals surface area contributed by atoms with Crippen molar-refractivity contribution in [3.63, 3.8) is 0 Å². The van der Waals surface area contributed by atoms with Crippen molar-refractivity contribution in [2.24, 2.45) is 11.8 Å². The first kappa shape index (κ1) is 18.1. The van der Waals surface area contributed by atoms with Gasteiger partial charge < -0.3 is 4.90 Å². The monoisotopic (exact) mass is 297 g/mol. The second kappa shape index (κ2) is 9.15. The third kappa shape index (κ3) is 5.08. The van der Waals surface area contributed by atoms with Gasteiger partial charge in [0, 0.05) is 38.0 Å². The maximum atomic E-state index is 12.4. The van der Waals surface area contributed by atoms with Crippen molar-refractivity contribution in [3.05, 3.63) is 0 Å². The average Bonchev–Trinajstić information content (AvgIpc) is 2.56. The number of amides is 1. The molecule has 0 spiro atoms. The fourth-order valence-corrected chi connectivity index (χ4v) is 3.16. The van der Waals surface area contributed by atoms with Gasteiger partial charge in [-0.25, -0.2) is 5.01 Å². The van der Waals surface area contributed by atoms with E-state index in [0.29, 0.717) is 5.91 Å². The summed E-state index contributed by atoms with van der Waals surface area (Å²) in [6.45, 7) is 9.08. The van der Waals surface area contributed by atoms with Gasteiger partial charge in [-0.3, -0.25) is 15.0 Å². The van der Waals surface area contributed by atoms with Crippen LogP contribution in [0, 0.1) is 11.8 Å². The molecule has 1 saturated heterocycles. The molecule has 5 nitrogen and oxygen atoms in total. The van der Waals surface area contributed by atoms with Crippen LogP contribution in [0.5, 0.6) is 0 Å². The third-order valence-corrected chi connectivity index (χ3v) is 4.56. The van der Waals surface area contributed by atoms with E-state index in [1.807, 2.05) is 25.8 Å². The Balaban J connectivity index is 0.00000106. The van der Waals surface area contributed by atoms with E-state index in [1.54, 1.807) is 6.92 Å². The number of carbonyl (C=O) groups excluding carboxylic acids is 2. The summed E-state index contributed by atoms with van der Waals surface area (Å²) >= 11 is 0. The van der Waals surface area contributed by atoms with Gasteiger partial charge in [0.1, 0.15) is 5.78 Å². The first-order chi connectivity index (χ1) is 10.1. The number of nitrogens with one attached hydrogen (secondary N) is 1. The molecule has 2 fully saturated rings. The molecule has 2 aliphatic rings. The minimum atomic E-state index is 0.150. The van der Waals surface area contributed by atoms with Crippen molar-refractivity contribution < 1.29 is 9.59 Å². The minimum Gasteiger partial charge on any atom is -0.340 e. The lowest BCUT2D eigenvalue weighted by atomic mass is 9.79. The normalized spacial score (nSPS) is 26.8. The maximum Gasteiger partial charge on any atom is 0.225 e. The number of hydrazine groups is 1. The molecule has 0 aromatic heterocycles. The lowest BCUT2D eigenvalue weighted by Gasteiger charge is -2.37. The van der Waals surface area contributed by atoms with Gasteiger partial charge in [0.15, 0.2) is 0 Å². The number of nitrogens with zero attached hydrogens (tertiary/aromatic N) is 2. The molecule has 21 heavy (non-hydrogen) atoms. The Hall–Kier alpha value is -0.940. The van der Waals surface area contributed by atoms with Crippen LogP contribution in [0.2, 0.25) is 0 Å². The quantitative estimate of drug-likeness (QED) is 0.861. The molecule has 1 aliphatic heterocycles. The molecule has 1 heterocycles. The zero-order valence-electron chi connectivity index (χ0n) is 14.0. The van der Waals surface area contributed by atoms with Gasteiger partial charge in [-0.05, 0) is 39.7 Å². The summed E-state index contributed by atoms with van der Waals surface area (Å²) in [5, 5.41) is 2.14. The van der Waals surface area contributed by atoms with Crippen LogP contribution in [0.4, 0.5) is 0 Å². The molecule has 1 amide bonds. The first-order valence-electron chi connectivity index (χ1n) is 8.33. The summed E-state index contributed by atoms with van der Waals surface area (Å²) in [4.78, 5) is 25.8. The summed E-state index contributed by atoms with van der Waals surface area (Å²) in [6, 6.07) is 0. The van der Waals surface area contributed by atoms with Crippen molar-refractivity contribution in [2.45, 2.75) is 46.5 Å². The van der Waals surface area contributed by atoms with Gasteiger partial charge in [-0.1, -0.05) is 13.8 Å². The lowest BCUT2D eigenvalue weighted by Crippen LogP contribution is -2.53. The molecular formula is C16H31N3O2. The molecule has 0 atom stereocenters. The van der Waals surface area contributed by atoms with Gasteiger partial charge in [0.25, 0.3) is 0 Å². The highest BCUT2D eigenvalue weighted by Gasteiger charge is 2.31. The molecule has 0 unspecified atom stereocenters. The Morgan fingerprint density at radius 3 is 1.81 bits per heavy atom. The summed E-state index contributed by atoms with van der Waals surface area (Å²) in [5.41, 5.74) is 3.12. The van der Waals surface area contributed by atoms with Gasteiger partial charge in [-0.2, -0.15) is 0 Å². The topological polar surface area (TPSA) is 52.6 Å². The Labute approximate surface area is 129 Å². The largest absolute Gasteiger partial charge is 0.340 e. The van der Waals surface area contributed by atoms with E-state index >= 15 is 0 Å². The molecule has 1 saturated carbocycles. The van der Waals surface area contributed by atoms with Gasteiger partial charge >= 0.3 is 0 Å². The molecule has 0 aromatic rings. The zero-order valence-corrected chi connectivity index (χ0v) is 14.0. The second-order valence-electron chi connectivity index (χ2n) is 5.70. The van der Waals surface area contributed by atoms with E-state index in [9.17, 15) is 9.59 Å². The van der Waals surface area contributed by atoms with Gasteiger partial charge in [0.2, 0.25) is 5.91 Å². The highest BCUT2D eigenvalue weighted by atomic mass is 16.2. The summed E-state index contributed by atoms with van der Waals surface area (Å²) in [5.74, 6) is 0.938. The minimum absolute atomic E-state index is 0.150. The molecule has 0 aromatic carbocycles. The maximum absolute atomic E-state index is 12.4. The molecule has 0 radical (unpaired) electrons. The Morgan fingerprint density at radius 2 is 1.38 bits per heavy atom. The molecule has 1 N–H and O–H groups in total. The van der Waals surface area contributed by atoms with Crippen molar-refractivity contribution in [3.8, 4) is 0 Å². The fraction of sp³-hybridized carbons (Fsp3) is 0.875. The molecule has 1 aliphatic carbocycles. The smallest absolute Gasteiger partial charge is 0.225 e. The molecule has 2 rings (SSSR count). The lowest BCUT2D eigenvalue weighted by molar-refractivity contribution is -0.140. The predicted molar refractivity (Wildman–Crippen MR) is 84.7 cm³/mol. The van der Waals surface area contributed by atoms with Gasteiger partial charge in [-0.15, -0.1) is 0 Å². The highest BCUT2D eigenvalue weighted by Crippen LogP contribution is 2.30. The van der Waals surface area contributed by atoms with Crippen LogP contribution in [-0.2, 0) is 9.59 Å². The Morgan fingerprint density at radius 1 is 0.905 bits per heavy atom. The number of hydrogen-bond acceptors (Lipinski definition) is 4. The standard InChI is InChI=1S/C14H25N3O2.C2H6/c1-11(18)12-3-5-13(6-4-12)14(19)16-7-9-17(15-2)10-8-16;1-2/h12-13,15H,3-10H2,1-2H3;1-2H3. The summed E-state index contributed by atoms with van der Waals surface area (Å²) < 4.78 is 0. The highest BCUT2D eigenvalue weighted by molar-refractivity contribution is 5.81. The van der Waals surface area contributed by atoms with Crippen molar-refractivity contribution in [1.29, 1.82) is 0 Å². The van der Waals surface area contributed by atoms with Crippen LogP contribution < -0.4 is 5.43 Å². The van der Waals surface area contributed by atoms with Crippen LogP contribution >= 0.6 is 0 Å². The zero-order chi connectivity index (χ0) is 15.8. The van der Waals surface area contributed by atoms with E-state index in [-0.39, 0.29) is 17.6 Å². The van der Waals surface area contributed by atoms with E-state index in [0.717, 1.165) is 51.9 Å². The molecule has 0 bridgehead atoms. The third-order valence-electron chi connectivity index (χ3n) is 4.56. The number of carbonyl (C=O) groups is 2. The van der Waals surface area contributed by atoms with Crippen LogP contribution in [-0.4, -0.2) is 54.8 Å². The van der Waals surface area contributed by atoms with Gasteiger partial charge in [0.05, 0.1) is 0 Å². The number of rotatable bonds is 3. The van der Waals surface area contributed by atoms with Crippen LogP contribution in [0.3, 0.4) is 0 Å². The summed E-state index contributed by atoms with van der Waals surface area (Å²) in [7, 11) is 1.92. The van der Waals surface area contributed by atoms with Crippen LogP contribution in [0.15, 0.2) is 0 Å². The predicted octanol–water partition coefficient (Wildman–Crippen LogP) is 1.69. The first-order valence-corrected chi connectivity index (χ1v) is 8.33. The fourth-order valence-electron chi connectivity index (χ4n) is 3.16. The number of hydrogen-bond donors (Lipinski definition) is 1.